The highest BCUT2D eigenvalue weighted by Gasteiger charge is 2.52. The van der Waals surface area contributed by atoms with E-state index in [1.54, 1.807) is 7.11 Å². The second-order valence-corrected chi connectivity index (χ2v) is 5.50. The van der Waals surface area contributed by atoms with Gasteiger partial charge < -0.3 is 14.0 Å². The summed E-state index contributed by atoms with van der Waals surface area (Å²) in [6.07, 6.45) is 0. The minimum Gasteiger partial charge on any atom is -0.481 e. The number of nitrogens with zero attached hydrogens (tertiary/aromatic N) is 1. The molecule has 0 saturated carbocycles. The minimum atomic E-state index is -0.390. The lowest BCUT2D eigenvalue weighted by Crippen LogP contribution is -2.41. The normalized spacial score (nSPS) is 22.4. The van der Waals surface area contributed by atoms with Gasteiger partial charge in [-0.15, -0.1) is 0 Å². The van der Waals surface area contributed by atoms with Crippen LogP contribution in [-0.2, 0) is 9.31 Å². The van der Waals surface area contributed by atoms with E-state index in [4.69, 9.17) is 14.0 Å². The summed E-state index contributed by atoms with van der Waals surface area (Å²) < 4.78 is 21.1. The number of hydrogen-bond acceptors (Lipinski definition) is 5. The zero-order valence-electron chi connectivity index (χ0n) is 10.2. The topological polar surface area (TPSA) is 40.6 Å². The molecule has 0 bridgehead atoms. The summed E-state index contributed by atoms with van der Waals surface area (Å²) >= 11 is 1.34. The van der Waals surface area contributed by atoms with Gasteiger partial charge in [0.25, 0.3) is 0 Å². The van der Waals surface area contributed by atoms with Gasteiger partial charge in [0.15, 0.2) is 0 Å². The van der Waals surface area contributed by atoms with E-state index in [9.17, 15) is 0 Å². The molecule has 1 saturated heterocycles. The van der Waals surface area contributed by atoms with Crippen molar-refractivity contribution in [2.75, 3.05) is 7.11 Å². The van der Waals surface area contributed by atoms with Gasteiger partial charge >= 0.3 is 7.12 Å². The maximum Gasteiger partial charge on any atom is 0.501 e. The zero-order chi connectivity index (χ0) is 12.0. The molecule has 0 amide bonds. The first-order chi connectivity index (χ1) is 7.37. The molecule has 1 aliphatic heterocycles. The van der Waals surface area contributed by atoms with Crippen LogP contribution in [0.5, 0.6) is 5.88 Å². The Kier molecular flexibility index (Phi) is 2.76. The molecule has 0 atom stereocenters. The molecule has 1 aromatic rings. The van der Waals surface area contributed by atoms with Crippen LogP contribution in [0.15, 0.2) is 5.38 Å². The summed E-state index contributed by atoms with van der Waals surface area (Å²) in [6, 6.07) is 0. The third kappa shape index (κ3) is 1.75. The Morgan fingerprint density at radius 2 is 1.81 bits per heavy atom. The van der Waals surface area contributed by atoms with Crippen LogP contribution >= 0.6 is 11.5 Å². The standard InChI is InChI=1S/C10H16BNO3S/c1-9(2)10(3,4)15-11(14-9)7-6-16-12-8(7)13-5/h6H,1-5H3. The summed E-state index contributed by atoms with van der Waals surface area (Å²) in [6.45, 7) is 8.11. The van der Waals surface area contributed by atoms with E-state index in [1.165, 1.54) is 11.5 Å². The average Bonchev–Trinajstić information content (AvgIpc) is 2.69. The van der Waals surface area contributed by atoms with E-state index in [2.05, 4.69) is 4.37 Å². The number of hydrogen-bond donors (Lipinski definition) is 0. The van der Waals surface area contributed by atoms with Gasteiger partial charge in [0, 0.05) is 5.38 Å². The molecule has 0 N–H and O–H groups in total. The Bertz CT molecular complexity index is 375. The minimum absolute atomic E-state index is 0.329. The van der Waals surface area contributed by atoms with Crippen LogP contribution < -0.4 is 10.2 Å². The highest BCUT2D eigenvalue weighted by molar-refractivity contribution is 7.05. The number of ether oxygens (including phenoxy) is 1. The molecule has 16 heavy (non-hydrogen) atoms. The highest BCUT2D eigenvalue weighted by atomic mass is 32.1. The molecule has 0 aromatic carbocycles. The first-order valence-corrected chi connectivity index (χ1v) is 6.05. The van der Waals surface area contributed by atoms with Crippen LogP contribution in [0, 0.1) is 0 Å². The fourth-order valence-electron chi connectivity index (χ4n) is 1.52. The van der Waals surface area contributed by atoms with Crippen LogP contribution in [0.2, 0.25) is 0 Å². The highest BCUT2D eigenvalue weighted by Crippen LogP contribution is 2.37. The molecule has 0 radical (unpaired) electrons. The fourth-order valence-corrected chi connectivity index (χ4v) is 2.17. The van der Waals surface area contributed by atoms with Gasteiger partial charge in [0.1, 0.15) is 0 Å². The number of methoxy groups -OCH3 is 1. The van der Waals surface area contributed by atoms with Crippen molar-refractivity contribution in [3.8, 4) is 5.88 Å². The monoisotopic (exact) mass is 241 g/mol. The Hall–Kier alpha value is -0.585. The van der Waals surface area contributed by atoms with Gasteiger partial charge in [-0.05, 0) is 39.2 Å². The summed E-state index contributed by atoms with van der Waals surface area (Å²) in [4.78, 5) is 0. The maximum atomic E-state index is 5.92. The molecule has 1 aliphatic rings. The van der Waals surface area contributed by atoms with Crippen LogP contribution in [0.25, 0.3) is 0 Å². The Morgan fingerprint density at radius 3 is 2.31 bits per heavy atom. The zero-order valence-corrected chi connectivity index (χ0v) is 11.1. The molecule has 4 nitrogen and oxygen atoms in total. The van der Waals surface area contributed by atoms with Crippen LogP contribution in [-0.4, -0.2) is 29.8 Å². The van der Waals surface area contributed by atoms with E-state index < -0.39 is 7.12 Å². The summed E-state index contributed by atoms with van der Waals surface area (Å²) in [7, 11) is 1.21. The lowest BCUT2D eigenvalue weighted by Gasteiger charge is -2.32. The Morgan fingerprint density at radius 1 is 1.25 bits per heavy atom. The van der Waals surface area contributed by atoms with Gasteiger partial charge in [0.05, 0.1) is 23.8 Å². The summed E-state index contributed by atoms with van der Waals surface area (Å²) in [5.74, 6) is 0.587. The third-order valence-electron chi connectivity index (χ3n) is 3.26. The van der Waals surface area contributed by atoms with Gasteiger partial charge in [-0.2, -0.15) is 4.37 Å². The first kappa shape index (κ1) is 11.9. The second kappa shape index (κ2) is 3.72. The molecule has 88 valence electrons. The summed E-state index contributed by atoms with van der Waals surface area (Å²) in [5.41, 5.74) is 0.209. The molecule has 0 aliphatic carbocycles. The van der Waals surface area contributed by atoms with E-state index in [0.29, 0.717) is 5.88 Å². The predicted molar refractivity (Wildman–Crippen MR) is 64.4 cm³/mol. The van der Waals surface area contributed by atoms with Gasteiger partial charge in [-0.1, -0.05) is 0 Å². The van der Waals surface area contributed by atoms with Crippen molar-refractivity contribution in [3.63, 3.8) is 0 Å². The van der Waals surface area contributed by atoms with Crippen molar-refractivity contribution in [3.05, 3.63) is 5.38 Å². The Labute approximate surface area is 100 Å². The number of rotatable bonds is 2. The smallest absolute Gasteiger partial charge is 0.481 e. The molecular weight excluding hydrogens is 225 g/mol. The van der Waals surface area contributed by atoms with Crippen molar-refractivity contribution in [1.29, 1.82) is 0 Å². The molecule has 0 spiro atoms. The van der Waals surface area contributed by atoms with Crippen molar-refractivity contribution in [1.82, 2.24) is 4.37 Å². The molecule has 1 aromatic heterocycles. The van der Waals surface area contributed by atoms with E-state index in [-0.39, 0.29) is 11.2 Å². The first-order valence-electron chi connectivity index (χ1n) is 5.21. The van der Waals surface area contributed by atoms with Gasteiger partial charge in [-0.3, -0.25) is 0 Å². The largest absolute Gasteiger partial charge is 0.501 e. The third-order valence-corrected chi connectivity index (χ3v) is 3.89. The number of aromatic nitrogens is 1. The van der Waals surface area contributed by atoms with Crippen LogP contribution in [0.4, 0.5) is 0 Å². The van der Waals surface area contributed by atoms with E-state index in [1.807, 2.05) is 33.1 Å². The SMILES string of the molecule is COc1nscc1B1OC(C)(C)C(C)(C)O1. The van der Waals surface area contributed by atoms with Crippen molar-refractivity contribution in [2.24, 2.45) is 0 Å². The van der Waals surface area contributed by atoms with Crippen LogP contribution in [0.3, 0.4) is 0 Å². The molecule has 2 rings (SSSR count). The van der Waals surface area contributed by atoms with Crippen molar-refractivity contribution >= 4 is 24.1 Å². The molecule has 0 unspecified atom stereocenters. The quantitative estimate of drug-likeness (QED) is 0.735. The van der Waals surface area contributed by atoms with Gasteiger partial charge in [0.2, 0.25) is 5.88 Å². The van der Waals surface area contributed by atoms with Gasteiger partial charge in [-0.25, -0.2) is 0 Å². The van der Waals surface area contributed by atoms with E-state index in [0.717, 1.165) is 5.46 Å². The Balaban J connectivity index is 2.27. The molecule has 2 heterocycles. The summed E-state index contributed by atoms with van der Waals surface area (Å²) in [5, 5.41) is 1.90. The maximum absolute atomic E-state index is 5.92. The fraction of sp³-hybridized carbons (Fsp3) is 0.700. The van der Waals surface area contributed by atoms with Crippen molar-refractivity contribution in [2.45, 2.75) is 38.9 Å². The molecule has 1 fully saturated rings. The second-order valence-electron chi connectivity index (χ2n) is 4.87. The van der Waals surface area contributed by atoms with E-state index >= 15 is 0 Å². The molecular formula is C10H16BNO3S. The lowest BCUT2D eigenvalue weighted by molar-refractivity contribution is 0.00578. The average molecular weight is 241 g/mol. The van der Waals surface area contributed by atoms with Crippen molar-refractivity contribution < 1.29 is 14.0 Å². The predicted octanol–water partition coefficient (Wildman–Crippen LogP) is 1.45. The molecule has 6 heteroatoms. The van der Waals surface area contributed by atoms with Crippen LogP contribution in [0.1, 0.15) is 27.7 Å². The lowest BCUT2D eigenvalue weighted by atomic mass is 9.81.